The van der Waals surface area contributed by atoms with Crippen LogP contribution in [0.25, 0.3) is 103 Å². The number of hydrogen-bond acceptors (Lipinski definition) is 4. The maximum Gasteiger partial charge on any atom is 0.247 e. The molecule has 0 N–H and O–H groups in total. The number of benzene rings is 7. The molecular formula is C44H25N3OS. The Morgan fingerprint density at radius 2 is 1.18 bits per heavy atom. The fourth-order valence-corrected chi connectivity index (χ4v) is 8.56. The van der Waals surface area contributed by atoms with Crippen molar-refractivity contribution in [1.29, 1.82) is 0 Å². The Morgan fingerprint density at radius 3 is 2.08 bits per heavy atom. The van der Waals surface area contributed by atoms with E-state index in [2.05, 4.69) is 138 Å². The molecule has 0 saturated carbocycles. The molecule has 0 spiro atoms. The van der Waals surface area contributed by atoms with E-state index in [1.165, 1.54) is 41.7 Å². The fraction of sp³-hybridized carbons (Fsp3) is 0. The molecule has 0 aliphatic rings. The van der Waals surface area contributed by atoms with Gasteiger partial charge in [0.1, 0.15) is 16.8 Å². The Hall–Kier alpha value is -6.30. The summed E-state index contributed by atoms with van der Waals surface area (Å²) >= 11 is 1.84. The van der Waals surface area contributed by atoms with Gasteiger partial charge in [-0.3, -0.25) is 4.57 Å². The van der Waals surface area contributed by atoms with Crippen molar-refractivity contribution >= 4 is 86.3 Å². The first kappa shape index (κ1) is 26.7. The molecule has 49 heavy (non-hydrogen) atoms. The standard InChI is InChI=1S/C44H25N3OS/c1-2-10-26(11-3-1)41-43(47-36-16-8-6-14-31(36)34-22-27-12-4-5-13-28(27)24-37(34)47)45-42-33-20-18-30(25-38(33)48-44(42)46-41)29-19-21-40-35(23-29)32-15-7-9-17-39(32)49-40/h1-25H. The fourth-order valence-electron chi connectivity index (χ4n) is 7.48. The quantitative estimate of drug-likeness (QED) is 0.192. The highest BCUT2D eigenvalue weighted by atomic mass is 32.1. The second-order valence-electron chi connectivity index (χ2n) is 12.6. The zero-order chi connectivity index (χ0) is 32.1. The molecule has 0 atom stereocenters. The normalized spacial score (nSPS) is 12.1. The van der Waals surface area contributed by atoms with Gasteiger partial charge in [0.05, 0.1) is 11.0 Å². The Morgan fingerprint density at radius 1 is 0.469 bits per heavy atom. The molecule has 0 bridgehead atoms. The van der Waals surface area contributed by atoms with Crippen LogP contribution in [0.5, 0.6) is 0 Å². The molecule has 0 unspecified atom stereocenters. The number of fused-ring (bicyclic) bond motifs is 10. The summed E-state index contributed by atoms with van der Waals surface area (Å²) in [6, 6.07) is 53.8. The molecular weight excluding hydrogens is 619 g/mol. The Kier molecular flexibility index (Phi) is 5.51. The molecule has 11 aromatic rings. The van der Waals surface area contributed by atoms with Crippen LogP contribution in [0, 0.1) is 0 Å². The minimum Gasteiger partial charge on any atom is -0.436 e. The maximum absolute atomic E-state index is 6.54. The maximum atomic E-state index is 6.54. The SMILES string of the molecule is c1ccc(-c2nc3oc4cc(-c5ccc6sc7ccccc7c6c5)ccc4c3nc2-n2c3ccccc3c3cc4ccccc4cc32)cc1. The van der Waals surface area contributed by atoms with Crippen molar-refractivity contribution in [3.05, 3.63) is 152 Å². The Bertz CT molecular complexity index is 3110. The molecule has 228 valence electrons. The van der Waals surface area contributed by atoms with Crippen molar-refractivity contribution in [3.8, 4) is 28.2 Å². The second kappa shape index (κ2) is 10.1. The van der Waals surface area contributed by atoms with Crippen LogP contribution in [0.2, 0.25) is 0 Å². The molecule has 0 radical (unpaired) electrons. The number of rotatable bonds is 3. The van der Waals surface area contributed by atoms with Crippen LogP contribution in [0.15, 0.2) is 156 Å². The highest BCUT2D eigenvalue weighted by Gasteiger charge is 2.22. The molecule has 7 aromatic carbocycles. The minimum absolute atomic E-state index is 0.528. The molecule has 0 amide bonds. The summed E-state index contributed by atoms with van der Waals surface area (Å²) in [5, 5.41) is 8.28. The number of nitrogens with zero attached hydrogens (tertiary/aromatic N) is 3. The number of para-hydroxylation sites is 1. The van der Waals surface area contributed by atoms with Crippen molar-refractivity contribution in [1.82, 2.24) is 14.5 Å². The van der Waals surface area contributed by atoms with E-state index in [1.54, 1.807) is 0 Å². The third kappa shape index (κ3) is 3.97. The van der Waals surface area contributed by atoms with E-state index in [-0.39, 0.29) is 0 Å². The first-order valence-electron chi connectivity index (χ1n) is 16.4. The van der Waals surface area contributed by atoms with Gasteiger partial charge in [0.25, 0.3) is 0 Å². The van der Waals surface area contributed by atoms with E-state index in [0.29, 0.717) is 5.71 Å². The van der Waals surface area contributed by atoms with E-state index in [0.717, 1.165) is 55.7 Å². The Balaban J connectivity index is 1.17. The van der Waals surface area contributed by atoms with Crippen LogP contribution < -0.4 is 0 Å². The van der Waals surface area contributed by atoms with Crippen LogP contribution in [0.4, 0.5) is 0 Å². The zero-order valence-corrected chi connectivity index (χ0v) is 26.9. The van der Waals surface area contributed by atoms with E-state index in [4.69, 9.17) is 14.4 Å². The largest absolute Gasteiger partial charge is 0.436 e. The van der Waals surface area contributed by atoms with Gasteiger partial charge in [-0.05, 0) is 70.4 Å². The van der Waals surface area contributed by atoms with Gasteiger partial charge < -0.3 is 4.42 Å². The first-order chi connectivity index (χ1) is 24.3. The van der Waals surface area contributed by atoms with Gasteiger partial charge in [-0.25, -0.2) is 9.97 Å². The number of furan rings is 1. The van der Waals surface area contributed by atoms with Gasteiger partial charge in [-0.15, -0.1) is 11.3 Å². The van der Waals surface area contributed by atoms with Gasteiger partial charge in [-0.1, -0.05) is 103 Å². The van der Waals surface area contributed by atoms with Crippen LogP contribution in [-0.2, 0) is 0 Å². The van der Waals surface area contributed by atoms with E-state index in [9.17, 15) is 0 Å². The molecule has 0 aliphatic carbocycles. The summed E-state index contributed by atoms with van der Waals surface area (Å²) in [4.78, 5) is 10.7. The van der Waals surface area contributed by atoms with E-state index < -0.39 is 0 Å². The zero-order valence-electron chi connectivity index (χ0n) is 26.1. The monoisotopic (exact) mass is 643 g/mol. The average molecular weight is 644 g/mol. The third-order valence-electron chi connectivity index (χ3n) is 9.80. The molecule has 0 fully saturated rings. The summed E-state index contributed by atoms with van der Waals surface area (Å²) in [6.07, 6.45) is 0. The molecule has 4 heterocycles. The van der Waals surface area contributed by atoms with Gasteiger partial charge in [-0.2, -0.15) is 0 Å². The predicted molar refractivity (Wildman–Crippen MR) is 205 cm³/mol. The lowest BCUT2D eigenvalue weighted by Crippen LogP contribution is -2.03. The summed E-state index contributed by atoms with van der Waals surface area (Å²) in [6.45, 7) is 0. The summed E-state index contributed by atoms with van der Waals surface area (Å²) in [7, 11) is 0. The topological polar surface area (TPSA) is 43.9 Å². The van der Waals surface area contributed by atoms with Crippen LogP contribution in [0.1, 0.15) is 0 Å². The molecule has 5 heteroatoms. The van der Waals surface area contributed by atoms with Crippen molar-refractivity contribution < 1.29 is 4.42 Å². The lowest BCUT2D eigenvalue weighted by Gasteiger charge is -2.12. The Labute approximate surface area is 284 Å². The van der Waals surface area contributed by atoms with E-state index >= 15 is 0 Å². The second-order valence-corrected chi connectivity index (χ2v) is 13.7. The number of aromatic nitrogens is 3. The average Bonchev–Trinajstić information content (AvgIpc) is 3.82. The molecule has 4 nitrogen and oxygen atoms in total. The van der Waals surface area contributed by atoms with Gasteiger partial charge >= 0.3 is 0 Å². The van der Waals surface area contributed by atoms with Gasteiger partial charge in [0.2, 0.25) is 5.71 Å². The third-order valence-corrected chi connectivity index (χ3v) is 10.9. The molecule has 0 saturated heterocycles. The molecule has 11 rings (SSSR count). The van der Waals surface area contributed by atoms with Crippen molar-refractivity contribution in [2.24, 2.45) is 0 Å². The van der Waals surface area contributed by atoms with Crippen LogP contribution in [-0.4, -0.2) is 14.5 Å². The highest BCUT2D eigenvalue weighted by molar-refractivity contribution is 7.25. The predicted octanol–water partition coefficient (Wildman–Crippen LogP) is 12.3. The summed E-state index contributed by atoms with van der Waals surface area (Å²) in [5.41, 5.74) is 8.25. The summed E-state index contributed by atoms with van der Waals surface area (Å²) < 4.78 is 11.4. The van der Waals surface area contributed by atoms with Gasteiger partial charge in [0, 0.05) is 41.9 Å². The lowest BCUT2D eigenvalue weighted by atomic mass is 10.0. The minimum atomic E-state index is 0.528. The van der Waals surface area contributed by atoms with Crippen molar-refractivity contribution in [2.45, 2.75) is 0 Å². The van der Waals surface area contributed by atoms with E-state index in [1.807, 2.05) is 29.5 Å². The lowest BCUT2D eigenvalue weighted by molar-refractivity contribution is 0.653. The van der Waals surface area contributed by atoms with Crippen LogP contribution in [0.3, 0.4) is 0 Å². The van der Waals surface area contributed by atoms with Crippen molar-refractivity contribution in [3.63, 3.8) is 0 Å². The first-order valence-corrected chi connectivity index (χ1v) is 17.2. The van der Waals surface area contributed by atoms with Crippen LogP contribution >= 0.6 is 11.3 Å². The number of thiophene rings is 1. The highest BCUT2D eigenvalue weighted by Crippen LogP contribution is 2.40. The van der Waals surface area contributed by atoms with Gasteiger partial charge in [0.15, 0.2) is 5.82 Å². The number of hydrogen-bond donors (Lipinski definition) is 0. The molecule has 0 aliphatic heterocycles. The summed E-state index contributed by atoms with van der Waals surface area (Å²) in [5.74, 6) is 0.779. The smallest absolute Gasteiger partial charge is 0.247 e. The molecule has 4 aromatic heterocycles. The van der Waals surface area contributed by atoms with Crippen molar-refractivity contribution in [2.75, 3.05) is 0 Å².